The summed E-state index contributed by atoms with van der Waals surface area (Å²) in [6.07, 6.45) is 3.38. The van der Waals surface area contributed by atoms with Crippen LogP contribution >= 0.6 is 0 Å². The standard InChI is InChI=1S/C12H10N2O4/c1-2-5-18-12(17)10-6-9(13-7-15)3-4-11(10)14-8-16/h3-4,6H,2,5H2,1H3. The van der Waals surface area contributed by atoms with Crippen LogP contribution in [0.3, 0.4) is 0 Å². The Morgan fingerprint density at radius 3 is 2.61 bits per heavy atom. The van der Waals surface area contributed by atoms with Crippen LogP contribution in [0.25, 0.3) is 0 Å². The van der Waals surface area contributed by atoms with Crippen molar-refractivity contribution in [2.45, 2.75) is 13.3 Å². The lowest BCUT2D eigenvalue weighted by atomic mass is 10.1. The maximum absolute atomic E-state index is 11.7. The molecule has 0 saturated heterocycles. The third-order valence-corrected chi connectivity index (χ3v) is 1.98. The molecule has 0 N–H and O–H groups in total. The summed E-state index contributed by atoms with van der Waals surface area (Å²) in [7, 11) is 0. The second-order valence-corrected chi connectivity index (χ2v) is 3.24. The molecule has 1 rings (SSSR count). The first-order valence-corrected chi connectivity index (χ1v) is 5.19. The molecule has 92 valence electrons. The summed E-state index contributed by atoms with van der Waals surface area (Å²) >= 11 is 0. The summed E-state index contributed by atoms with van der Waals surface area (Å²) in [5, 5.41) is 0. The van der Waals surface area contributed by atoms with Gasteiger partial charge in [0.05, 0.1) is 23.5 Å². The average Bonchev–Trinajstić information content (AvgIpc) is 2.38. The third-order valence-electron chi connectivity index (χ3n) is 1.98. The van der Waals surface area contributed by atoms with Crippen LogP contribution in [0.2, 0.25) is 0 Å². The Hall–Kier alpha value is -2.55. The monoisotopic (exact) mass is 246 g/mol. The Balaban J connectivity index is 3.17. The fourth-order valence-electron chi connectivity index (χ4n) is 1.23. The lowest BCUT2D eigenvalue weighted by molar-refractivity contribution is 0.0506. The van der Waals surface area contributed by atoms with Gasteiger partial charge in [-0.1, -0.05) is 6.92 Å². The van der Waals surface area contributed by atoms with Crippen LogP contribution in [0.5, 0.6) is 0 Å². The number of carbonyl (C=O) groups excluding carboxylic acids is 3. The normalized spacial score (nSPS) is 8.94. The predicted molar refractivity (Wildman–Crippen MR) is 62.6 cm³/mol. The molecule has 0 fully saturated rings. The summed E-state index contributed by atoms with van der Waals surface area (Å²) in [4.78, 5) is 38.9. The number of ether oxygens (including phenoxy) is 1. The van der Waals surface area contributed by atoms with Crippen molar-refractivity contribution in [1.29, 1.82) is 0 Å². The number of benzene rings is 1. The van der Waals surface area contributed by atoms with Gasteiger partial charge in [-0.15, -0.1) is 0 Å². The van der Waals surface area contributed by atoms with Crippen LogP contribution in [0, 0.1) is 0 Å². The highest BCUT2D eigenvalue weighted by Crippen LogP contribution is 2.25. The molecule has 0 aliphatic heterocycles. The zero-order valence-electron chi connectivity index (χ0n) is 9.67. The first kappa shape index (κ1) is 13.5. The number of isocyanates is 2. The molecule has 0 bridgehead atoms. The molecule has 0 spiro atoms. The van der Waals surface area contributed by atoms with E-state index in [0.29, 0.717) is 6.42 Å². The molecule has 1 aromatic carbocycles. The molecule has 0 saturated carbocycles. The van der Waals surface area contributed by atoms with Gasteiger partial charge in [0.2, 0.25) is 12.2 Å². The van der Waals surface area contributed by atoms with Crippen molar-refractivity contribution in [2.75, 3.05) is 6.61 Å². The van der Waals surface area contributed by atoms with Crippen molar-refractivity contribution in [3.05, 3.63) is 23.8 Å². The second-order valence-electron chi connectivity index (χ2n) is 3.24. The molecule has 0 amide bonds. The SMILES string of the molecule is CCCOC(=O)c1cc(N=C=O)ccc1N=C=O. The summed E-state index contributed by atoms with van der Waals surface area (Å²) in [6, 6.07) is 4.11. The minimum atomic E-state index is -0.631. The fourth-order valence-corrected chi connectivity index (χ4v) is 1.23. The molecular weight excluding hydrogens is 236 g/mol. The van der Waals surface area contributed by atoms with E-state index in [1.54, 1.807) is 0 Å². The highest BCUT2D eigenvalue weighted by molar-refractivity contribution is 5.96. The Bertz CT molecular complexity index is 541. The van der Waals surface area contributed by atoms with Crippen LogP contribution in [-0.2, 0) is 14.3 Å². The van der Waals surface area contributed by atoms with E-state index in [9.17, 15) is 14.4 Å². The van der Waals surface area contributed by atoms with Gasteiger partial charge in [-0.05, 0) is 24.6 Å². The van der Waals surface area contributed by atoms with E-state index in [1.165, 1.54) is 30.4 Å². The van der Waals surface area contributed by atoms with E-state index in [0.717, 1.165) is 0 Å². The minimum Gasteiger partial charge on any atom is -0.462 e. The lowest BCUT2D eigenvalue weighted by Gasteiger charge is -2.05. The van der Waals surface area contributed by atoms with Crippen molar-refractivity contribution in [3.63, 3.8) is 0 Å². The highest BCUT2D eigenvalue weighted by Gasteiger charge is 2.13. The van der Waals surface area contributed by atoms with Crippen LogP contribution in [0.15, 0.2) is 28.2 Å². The van der Waals surface area contributed by atoms with E-state index in [1.807, 2.05) is 6.92 Å². The topological polar surface area (TPSA) is 85.2 Å². The van der Waals surface area contributed by atoms with Gasteiger partial charge in [-0.25, -0.2) is 14.4 Å². The number of hydrogen-bond donors (Lipinski definition) is 0. The van der Waals surface area contributed by atoms with Gasteiger partial charge < -0.3 is 4.74 Å². The largest absolute Gasteiger partial charge is 0.462 e. The van der Waals surface area contributed by atoms with Crippen molar-refractivity contribution in [2.24, 2.45) is 9.98 Å². The molecule has 0 aromatic heterocycles. The highest BCUT2D eigenvalue weighted by atomic mass is 16.5. The molecule has 0 unspecified atom stereocenters. The van der Waals surface area contributed by atoms with E-state index >= 15 is 0 Å². The van der Waals surface area contributed by atoms with Gasteiger partial charge >= 0.3 is 5.97 Å². The number of rotatable bonds is 5. The molecule has 1 aromatic rings. The zero-order valence-corrected chi connectivity index (χ0v) is 9.67. The molecule has 0 atom stereocenters. The average molecular weight is 246 g/mol. The Morgan fingerprint density at radius 2 is 2.00 bits per heavy atom. The predicted octanol–water partition coefficient (Wildman–Crippen LogP) is 2.19. The Morgan fingerprint density at radius 1 is 1.28 bits per heavy atom. The van der Waals surface area contributed by atoms with Crippen molar-refractivity contribution in [3.8, 4) is 0 Å². The minimum absolute atomic E-state index is 0.0586. The van der Waals surface area contributed by atoms with Gasteiger partial charge in [0.25, 0.3) is 0 Å². The molecular formula is C12H10N2O4. The molecule has 6 nitrogen and oxygen atoms in total. The van der Waals surface area contributed by atoms with Crippen molar-refractivity contribution in [1.82, 2.24) is 0 Å². The summed E-state index contributed by atoms with van der Waals surface area (Å²) in [6.45, 7) is 2.11. The summed E-state index contributed by atoms with van der Waals surface area (Å²) in [5.41, 5.74) is 0.414. The maximum Gasteiger partial charge on any atom is 0.340 e. The maximum atomic E-state index is 11.7. The van der Waals surface area contributed by atoms with Crippen molar-refractivity contribution >= 4 is 29.5 Å². The summed E-state index contributed by atoms with van der Waals surface area (Å²) < 4.78 is 4.93. The molecule has 0 radical (unpaired) electrons. The molecule has 0 heterocycles. The van der Waals surface area contributed by atoms with Gasteiger partial charge in [-0.2, -0.15) is 9.98 Å². The van der Waals surface area contributed by atoms with Crippen LogP contribution < -0.4 is 0 Å². The number of nitrogens with zero attached hydrogens (tertiary/aromatic N) is 2. The smallest absolute Gasteiger partial charge is 0.340 e. The van der Waals surface area contributed by atoms with E-state index < -0.39 is 5.97 Å². The second kappa shape index (κ2) is 6.91. The summed E-state index contributed by atoms with van der Waals surface area (Å²) in [5.74, 6) is -0.631. The van der Waals surface area contributed by atoms with E-state index in [4.69, 9.17) is 4.74 Å². The van der Waals surface area contributed by atoms with Crippen LogP contribution in [-0.4, -0.2) is 24.7 Å². The third kappa shape index (κ3) is 3.49. The number of aliphatic imine (C=N–C) groups is 2. The van der Waals surface area contributed by atoms with Gasteiger partial charge in [0, 0.05) is 0 Å². The Kier molecular flexibility index (Phi) is 5.19. The van der Waals surface area contributed by atoms with Gasteiger partial charge in [0.15, 0.2) is 0 Å². The zero-order chi connectivity index (χ0) is 13.4. The number of hydrogen-bond acceptors (Lipinski definition) is 6. The number of carbonyl (C=O) groups is 1. The molecule has 6 heteroatoms. The lowest BCUT2D eigenvalue weighted by Crippen LogP contribution is -2.06. The van der Waals surface area contributed by atoms with Crippen LogP contribution in [0.1, 0.15) is 23.7 Å². The number of esters is 1. The molecule has 18 heavy (non-hydrogen) atoms. The molecule has 0 aliphatic rings. The first-order valence-electron chi connectivity index (χ1n) is 5.19. The first-order chi connectivity index (χ1) is 8.72. The van der Waals surface area contributed by atoms with Crippen LogP contribution in [0.4, 0.5) is 11.4 Å². The van der Waals surface area contributed by atoms with E-state index in [2.05, 4.69) is 9.98 Å². The van der Waals surface area contributed by atoms with Gasteiger partial charge in [-0.3, -0.25) is 0 Å². The quantitative estimate of drug-likeness (QED) is 0.452. The molecule has 0 aliphatic carbocycles. The van der Waals surface area contributed by atoms with Crippen molar-refractivity contribution < 1.29 is 19.1 Å². The van der Waals surface area contributed by atoms with Gasteiger partial charge in [0.1, 0.15) is 0 Å². The Labute approximate surface area is 103 Å². The van der Waals surface area contributed by atoms with E-state index in [-0.39, 0.29) is 23.5 Å². The fraction of sp³-hybridized carbons (Fsp3) is 0.250.